The van der Waals surface area contributed by atoms with E-state index in [1.54, 1.807) is 6.33 Å². The van der Waals surface area contributed by atoms with Crippen molar-refractivity contribution in [2.24, 2.45) is 0 Å². The second kappa shape index (κ2) is 5.75. The summed E-state index contributed by atoms with van der Waals surface area (Å²) >= 11 is 0. The molecule has 1 aromatic heterocycles. The van der Waals surface area contributed by atoms with Crippen molar-refractivity contribution >= 4 is 0 Å². The van der Waals surface area contributed by atoms with Gasteiger partial charge >= 0.3 is 0 Å². The van der Waals surface area contributed by atoms with Crippen LogP contribution >= 0.6 is 0 Å². The van der Waals surface area contributed by atoms with E-state index >= 15 is 0 Å². The van der Waals surface area contributed by atoms with Crippen molar-refractivity contribution in [3.63, 3.8) is 0 Å². The molecule has 2 aromatic rings. The van der Waals surface area contributed by atoms with Crippen LogP contribution in [0.1, 0.15) is 43.3 Å². The van der Waals surface area contributed by atoms with Crippen molar-refractivity contribution in [2.75, 3.05) is 0 Å². The van der Waals surface area contributed by atoms with Gasteiger partial charge in [0.1, 0.15) is 12.2 Å². The lowest BCUT2D eigenvalue weighted by molar-refractivity contribution is 0.410. The zero-order chi connectivity index (χ0) is 14.8. The molecule has 0 amide bonds. The minimum absolute atomic E-state index is 0.0801. The van der Waals surface area contributed by atoms with Gasteiger partial charge in [0.05, 0.1) is 13.1 Å². The summed E-state index contributed by atoms with van der Waals surface area (Å²) in [6.07, 6.45) is 1.63. The largest absolute Gasteiger partial charge is 0.305 e. The van der Waals surface area contributed by atoms with Crippen LogP contribution in [0.2, 0.25) is 0 Å². The molecule has 0 aliphatic rings. The number of aromatic nitrogens is 3. The Kier molecular flexibility index (Phi) is 4.23. The highest BCUT2D eigenvalue weighted by Crippen LogP contribution is 2.11. The summed E-state index contributed by atoms with van der Waals surface area (Å²) < 4.78 is 1.97. The molecular formula is C16H24N4. The first kappa shape index (κ1) is 14.7. The molecule has 0 bridgehead atoms. The van der Waals surface area contributed by atoms with Crippen molar-refractivity contribution < 1.29 is 0 Å². The summed E-state index contributed by atoms with van der Waals surface area (Å²) in [5, 5.41) is 7.79. The van der Waals surface area contributed by atoms with Crippen molar-refractivity contribution in [1.29, 1.82) is 0 Å². The molecular weight excluding hydrogens is 248 g/mol. The molecule has 108 valence electrons. The Morgan fingerprint density at radius 2 is 1.75 bits per heavy atom. The van der Waals surface area contributed by atoms with Crippen LogP contribution in [0.5, 0.6) is 0 Å². The average Bonchev–Trinajstić information content (AvgIpc) is 2.71. The molecule has 0 saturated carbocycles. The number of hydrogen-bond acceptors (Lipinski definition) is 3. The van der Waals surface area contributed by atoms with Crippen molar-refractivity contribution in [3.05, 3.63) is 47.0 Å². The van der Waals surface area contributed by atoms with Gasteiger partial charge in [-0.15, -0.1) is 0 Å². The van der Waals surface area contributed by atoms with Crippen LogP contribution < -0.4 is 5.32 Å². The first-order valence-corrected chi connectivity index (χ1v) is 7.02. The number of nitrogens with zero attached hydrogens (tertiary/aromatic N) is 3. The van der Waals surface area contributed by atoms with E-state index in [1.165, 1.54) is 16.7 Å². The van der Waals surface area contributed by atoms with Crippen LogP contribution in [-0.4, -0.2) is 20.3 Å². The van der Waals surface area contributed by atoms with E-state index in [-0.39, 0.29) is 5.54 Å². The van der Waals surface area contributed by atoms with E-state index in [2.05, 4.69) is 68.2 Å². The van der Waals surface area contributed by atoms with Gasteiger partial charge in [-0.05, 0) is 40.2 Å². The summed E-state index contributed by atoms with van der Waals surface area (Å²) in [6.45, 7) is 12.2. The lowest BCUT2D eigenvalue weighted by Crippen LogP contribution is -2.36. The van der Waals surface area contributed by atoms with Gasteiger partial charge in [0.2, 0.25) is 0 Å². The first-order chi connectivity index (χ1) is 9.33. The molecule has 1 heterocycles. The number of hydrogen-bond donors (Lipinski definition) is 1. The highest BCUT2D eigenvalue weighted by molar-refractivity contribution is 5.28. The van der Waals surface area contributed by atoms with E-state index in [0.29, 0.717) is 0 Å². The molecule has 1 N–H and O–H groups in total. The van der Waals surface area contributed by atoms with Gasteiger partial charge in [0.15, 0.2) is 0 Å². The molecule has 0 fully saturated rings. The Bertz CT molecular complexity index is 558. The van der Waals surface area contributed by atoms with Crippen LogP contribution in [0.4, 0.5) is 0 Å². The minimum atomic E-state index is 0.0801. The maximum Gasteiger partial charge on any atom is 0.141 e. The Labute approximate surface area is 121 Å². The molecule has 2 rings (SSSR count). The van der Waals surface area contributed by atoms with Crippen molar-refractivity contribution in [1.82, 2.24) is 20.1 Å². The highest BCUT2D eigenvalue weighted by atomic mass is 15.3. The van der Waals surface area contributed by atoms with E-state index in [1.807, 2.05) is 4.68 Å². The molecule has 4 nitrogen and oxygen atoms in total. The third-order valence-electron chi connectivity index (χ3n) is 3.09. The Balaban J connectivity index is 2.12. The number of nitrogens with one attached hydrogen (secondary N) is 1. The van der Waals surface area contributed by atoms with Gasteiger partial charge in [-0.3, -0.25) is 0 Å². The number of rotatable bonds is 4. The summed E-state index contributed by atoms with van der Waals surface area (Å²) in [6, 6.07) is 6.60. The van der Waals surface area contributed by atoms with Crippen molar-refractivity contribution in [2.45, 2.75) is 53.2 Å². The molecule has 0 aliphatic heterocycles. The smallest absolute Gasteiger partial charge is 0.141 e. The second-order valence-electron chi connectivity index (χ2n) is 6.43. The molecule has 0 atom stereocenters. The zero-order valence-corrected chi connectivity index (χ0v) is 13.1. The predicted molar refractivity (Wildman–Crippen MR) is 81.6 cm³/mol. The van der Waals surface area contributed by atoms with E-state index in [0.717, 1.165) is 18.9 Å². The summed E-state index contributed by atoms with van der Waals surface area (Å²) in [7, 11) is 0. The van der Waals surface area contributed by atoms with Crippen LogP contribution in [0.15, 0.2) is 24.5 Å². The van der Waals surface area contributed by atoms with Gasteiger partial charge in [0, 0.05) is 5.54 Å². The van der Waals surface area contributed by atoms with Crippen LogP contribution in [-0.2, 0) is 13.1 Å². The normalized spacial score (nSPS) is 11.8. The molecule has 0 radical (unpaired) electrons. The fourth-order valence-corrected chi connectivity index (χ4v) is 2.23. The molecule has 0 saturated heterocycles. The van der Waals surface area contributed by atoms with E-state index in [4.69, 9.17) is 0 Å². The lowest BCUT2D eigenvalue weighted by Gasteiger charge is -2.20. The first-order valence-electron chi connectivity index (χ1n) is 7.02. The lowest BCUT2D eigenvalue weighted by atomic mass is 10.1. The Morgan fingerprint density at radius 1 is 1.10 bits per heavy atom. The number of benzene rings is 1. The van der Waals surface area contributed by atoms with Crippen LogP contribution in [0.3, 0.4) is 0 Å². The SMILES string of the molecule is Cc1cc(C)cc(Cn2ncnc2CNC(C)(C)C)c1. The molecule has 20 heavy (non-hydrogen) atoms. The second-order valence-corrected chi connectivity index (χ2v) is 6.43. The fraction of sp³-hybridized carbons (Fsp3) is 0.500. The Hall–Kier alpha value is -1.68. The maximum absolute atomic E-state index is 4.35. The van der Waals surface area contributed by atoms with Crippen LogP contribution in [0.25, 0.3) is 0 Å². The average molecular weight is 272 g/mol. The molecule has 4 heteroatoms. The Morgan fingerprint density at radius 3 is 2.35 bits per heavy atom. The van der Waals surface area contributed by atoms with E-state index in [9.17, 15) is 0 Å². The highest BCUT2D eigenvalue weighted by Gasteiger charge is 2.12. The quantitative estimate of drug-likeness (QED) is 0.930. The zero-order valence-electron chi connectivity index (χ0n) is 13.1. The summed E-state index contributed by atoms with van der Waals surface area (Å²) in [4.78, 5) is 4.35. The van der Waals surface area contributed by atoms with E-state index < -0.39 is 0 Å². The monoisotopic (exact) mass is 272 g/mol. The standard InChI is InChI=1S/C16H24N4/c1-12-6-13(2)8-14(7-12)10-20-15(17-11-19-20)9-18-16(3,4)5/h6-8,11,18H,9-10H2,1-5H3. The minimum Gasteiger partial charge on any atom is -0.305 e. The van der Waals surface area contributed by atoms with Crippen LogP contribution in [0, 0.1) is 13.8 Å². The maximum atomic E-state index is 4.35. The number of aryl methyl sites for hydroxylation is 2. The molecule has 0 spiro atoms. The molecule has 1 aromatic carbocycles. The predicted octanol–water partition coefficient (Wildman–Crippen LogP) is 2.83. The fourth-order valence-electron chi connectivity index (χ4n) is 2.23. The molecule has 0 aliphatic carbocycles. The summed E-state index contributed by atoms with van der Waals surface area (Å²) in [5.41, 5.74) is 3.92. The van der Waals surface area contributed by atoms with Gasteiger partial charge < -0.3 is 5.32 Å². The van der Waals surface area contributed by atoms with Gasteiger partial charge in [-0.1, -0.05) is 29.3 Å². The van der Waals surface area contributed by atoms with Crippen molar-refractivity contribution in [3.8, 4) is 0 Å². The third-order valence-corrected chi connectivity index (χ3v) is 3.09. The topological polar surface area (TPSA) is 42.7 Å². The molecule has 0 unspecified atom stereocenters. The van der Waals surface area contributed by atoms with Gasteiger partial charge in [-0.25, -0.2) is 9.67 Å². The third kappa shape index (κ3) is 4.17. The van der Waals surface area contributed by atoms with Gasteiger partial charge in [0.25, 0.3) is 0 Å². The van der Waals surface area contributed by atoms with Gasteiger partial charge in [-0.2, -0.15) is 5.10 Å². The summed E-state index contributed by atoms with van der Waals surface area (Å²) in [5.74, 6) is 0.971.